The highest BCUT2D eigenvalue weighted by Gasteiger charge is 2.20. The largest absolute Gasteiger partial charge is 0.351 e. The molecule has 1 aliphatic rings. The molecule has 1 aromatic rings. The molecule has 0 aromatic carbocycles. The highest BCUT2D eigenvalue weighted by atomic mass is 32.1. The van der Waals surface area contributed by atoms with E-state index in [9.17, 15) is 0 Å². The molecular formula is C16H30N4S. The van der Waals surface area contributed by atoms with Crippen molar-refractivity contribution >= 4 is 16.5 Å². The second kappa shape index (κ2) is 8.11. The van der Waals surface area contributed by atoms with E-state index in [1.54, 1.807) is 11.3 Å². The zero-order valence-electron chi connectivity index (χ0n) is 13.9. The molecule has 120 valence electrons. The maximum atomic E-state index is 4.81. The number of likely N-dealkylation sites (tertiary alicyclic amines) is 1. The number of hydrogen-bond acceptors (Lipinski definition) is 5. The molecule has 1 N–H and O–H groups in total. The van der Waals surface area contributed by atoms with Crippen molar-refractivity contribution in [1.29, 1.82) is 0 Å². The van der Waals surface area contributed by atoms with Crippen molar-refractivity contribution in [1.82, 2.24) is 15.2 Å². The second-order valence-corrected chi connectivity index (χ2v) is 7.19. The Morgan fingerprint density at radius 1 is 1.48 bits per heavy atom. The number of piperidine rings is 1. The van der Waals surface area contributed by atoms with E-state index in [1.807, 2.05) is 0 Å². The lowest BCUT2D eigenvalue weighted by molar-refractivity contribution is 0.222. The molecule has 0 radical (unpaired) electrons. The minimum absolute atomic E-state index is 0.353. The summed E-state index contributed by atoms with van der Waals surface area (Å²) in [6, 6.07) is 0.353. The smallest absolute Gasteiger partial charge is 0.185 e. The summed E-state index contributed by atoms with van der Waals surface area (Å²) >= 11 is 1.77. The molecule has 5 heteroatoms. The molecule has 0 spiro atoms. The van der Waals surface area contributed by atoms with E-state index in [0.29, 0.717) is 6.04 Å². The Morgan fingerprint density at radius 3 is 2.86 bits per heavy atom. The first kappa shape index (κ1) is 16.7. The first-order chi connectivity index (χ1) is 10.1. The van der Waals surface area contributed by atoms with Crippen LogP contribution in [0.1, 0.15) is 44.8 Å². The van der Waals surface area contributed by atoms with Gasteiger partial charge in [-0.1, -0.05) is 6.92 Å². The summed E-state index contributed by atoms with van der Waals surface area (Å²) in [5.74, 6) is 0.814. The summed E-state index contributed by atoms with van der Waals surface area (Å²) in [5.41, 5.74) is 1.18. The molecule has 4 nitrogen and oxygen atoms in total. The fraction of sp³-hybridized carbons (Fsp3) is 0.812. The van der Waals surface area contributed by atoms with Gasteiger partial charge in [0.05, 0.1) is 5.69 Å². The zero-order chi connectivity index (χ0) is 15.2. The van der Waals surface area contributed by atoms with E-state index in [-0.39, 0.29) is 0 Å². The molecule has 1 atom stereocenters. The van der Waals surface area contributed by atoms with E-state index >= 15 is 0 Å². The number of rotatable bonds is 7. The van der Waals surface area contributed by atoms with E-state index in [0.717, 1.165) is 30.6 Å². The van der Waals surface area contributed by atoms with Gasteiger partial charge in [0.15, 0.2) is 5.13 Å². The van der Waals surface area contributed by atoms with Crippen molar-refractivity contribution in [3.63, 3.8) is 0 Å². The van der Waals surface area contributed by atoms with Gasteiger partial charge in [-0.2, -0.15) is 0 Å². The van der Waals surface area contributed by atoms with Crippen molar-refractivity contribution < 1.29 is 0 Å². The van der Waals surface area contributed by atoms with Crippen LogP contribution in [0.2, 0.25) is 0 Å². The fourth-order valence-corrected chi connectivity index (χ4v) is 3.72. The second-order valence-electron chi connectivity index (χ2n) is 6.36. The Balaban J connectivity index is 1.85. The number of nitrogens with zero attached hydrogens (tertiary/aromatic N) is 3. The van der Waals surface area contributed by atoms with Crippen molar-refractivity contribution in [3.8, 4) is 0 Å². The van der Waals surface area contributed by atoms with E-state index in [4.69, 9.17) is 4.98 Å². The number of aromatic nitrogens is 1. The van der Waals surface area contributed by atoms with Gasteiger partial charge in [0, 0.05) is 25.0 Å². The molecule has 0 aliphatic carbocycles. The van der Waals surface area contributed by atoms with Crippen molar-refractivity contribution in [3.05, 3.63) is 11.1 Å². The maximum Gasteiger partial charge on any atom is 0.185 e. The van der Waals surface area contributed by atoms with Crippen LogP contribution in [-0.2, 0) is 0 Å². The van der Waals surface area contributed by atoms with Crippen LogP contribution in [0.4, 0.5) is 5.13 Å². The van der Waals surface area contributed by atoms with Gasteiger partial charge in [-0.3, -0.25) is 0 Å². The number of nitrogens with one attached hydrogen (secondary N) is 1. The minimum atomic E-state index is 0.353. The van der Waals surface area contributed by atoms with Crippen molar-refractivity contribution in [2.45, 2.75) is 39.2 Å². The summed E-state index contributed by atoms with van der Waals surface area (Å²) in [7, 11) is 4.41. The summed E-state index contributed by atoms with van der Waals surface area (Å²) < 4.78 is 0. The quantitative estimate of drug-likeness (QED) is 0.839. The lowest BCUT2D eigenvalue weighted by Gasteiger charge is -2.31. The van der Waals surface area contributed by atoms with Crippen LogP contribution in [0.5, 0.6) is 0 Å². The molecule has 0 saturated carbocycles. The van der Waals surface area contributed by atoms with Crippen LogP contribution in [0.3, 0.4) is 0 Å². The first-order valence-electron chi connectivity index (χ1n) is 8.18. The van der Waals surface area contributed by atoms with Gasteiger partial charge < -0.3 is 15.1 Å². The monoisotopic (exact) mass is 310 g/mol. The average Bonchev–Trinajstić information content (AvgIpc) is 2.97. The molecule has 0 bridgehead atoms. The molecule has 2 rings (SSSR count). The Labute approximate surface area is 133 Å². The highest BCUT2D eigenvalue weighted by Crippen LogP contribution is 2.25. The molecule has 21 heavy (non-hydrogen) atoms. The molecule has 1 aromatic heterocycles. The number of hydrogen-bond donors (Lipinski definition) is 1. The fourth-order valence-electron chi connectivity index (χ4n) is 2.83. The molecule has 1 unspecified atom stereocenters. The molecule has 1 saturated heterocycles. The Hall–Kier alpha value is -0.650. The number of anilines is 1. The maximum absolute atomic E-state index is 4.81. The topological polar surface area (TPSA) is 31.4 Å². The molecule has 1 aliphatic heterocycles. The highest BCUT2D eigenvalue weighted by molar-refractivity contribution is 7.13. The van der Waals surface area contributed by atoms with Crippen molar-refractivity contribution in [2.24, 2.45) is 5.92 Å². The third-order valence-corrected chi connectivity index (χ3v) is 5.32. The van der Waals surface area contributed by atoms with Crippen LogP contribution < -0.4 is 10.2 Å². The van der Waals surface area contributed by atoms with Crippen LogP contribution in [-0.4, -0.2) is 50.2 Å². The van der Waals surface area contributed by atoms with Gasteiger partial charge in [0.1, 0.15) is 0 Å². The van der Waals surface area contributed by atoms with Gasteiger partial charge in [-0.15, -0.1) is 11.3 Å². The van der Waals surface area contributed by atoms with Gasteiger partial charge in [-0.25, -0.2) is 4.98 Å². The Kier molecular flexibility index (Phi) is 6.45. The SMILES string of the molecule is CCCNC(C)c1csc(N(C)CC2CCN(C)CC2)n1. The summed E-state index contributed by atoms with van der Waals surface area (Å²) in [6.07, 6.45) is 3.79. The van der Waals surface area contributed by atoms with Crippen LogP contribution in [0.15, 0.2) is 5.38 Å². The van der Waals surface area contributed by atoms with E-state index in [1.165, 1.54) is 31.6 Å². The first-order valence-corrected chi connectivity index (χ1v) is 9.06. The summed E-state index contributed by atoms with van der Waals surface area (Å²) in [5, 5.41) is 6.87. The summed E-state index contributed by atoms with van der Waals surface area (Å²) in [6.45, 7) is 9.06. The lowest BCUT2D eigenvalue weighted by atomic mass is 9.97. The molecular weight excluding hydrogens is 280 g/mol. The van der Waals surface area contributed by atoms with Crippen LogP contribution in [0, 0.1) is 5.92 Å². The minimum Gasteiger partial charge on any atom is -0.351 e. The average molecular weight is 311 g/mol. The predicted molar refractivity (Wildman–Crippen MR) is 92.3 cm³/mol. The lowest BCUT2D eigenvalue weighted by Crippen LogP contribution is -2.35. The van der Waals surface area contributed by atoms with Crippen molar-refractivity contribution in [2.75, 3.05) is 45.2 Å². The van der Waals surface area contributed by atoms with Gasteiger partial charge in [0.2, 0.25) is 0 Å². The third-order valence-electron chi connectivity index (χ3n) is 4.35. The number of thiazole rings is 1. The predicted octanol–water partition coefficient (Wildman–Crippen LogP) is 2.98. The Bertz CT molecular complexity index is 412. The molecule has 1 fully saturated rings. The van der Waals surface area contributed by atoms with Gasteiger partial charge in [0.25, 0.3) is 0 Å². The molecule has 2 heterocycles. The Morgan fingerprint density at radius 2 is 2.19 bits per heavy atom. The van der Waals surface area contributed by atoms with E-state index < -0.39 is 0 Å². The van der Waals surface area contributed by atoms with Gasteiger partial charge >= 0.3 is 0 Å². The van der Waals surface area contributed by atoms with Crippen LogP contribution in [0.25, 0.3) is 0 Å². The van der Waals surface area contributed by atoms with Gasteiger partial charge in [-0.05, 0) is 58.8 Å². The normalized spacial score (nSPS) is 18.9. The van der Waals surface area contributed by atoms with E-state index in [2.05, 4.69) is 48.4 Å². The third kappa shape index (κ3) is 4.94. The van der Waals surface area contributed by atoms with Crippen LogP contribution >= 0.6 is 11.3 Å². The molecule has 0 amide bonds. The zero-order valence-corrected chi connectivity index (χ0v) is 14.7. The summed E-state index contributed by atoms with van der Waals surface area (Å²) in [4.78, 5) is 9.59. The standard InChI is InChI=1S/C16H30N4S/c1-5-8-17-13(2)15-12-21-16(18-15)20(4)11-14-6-9-19(3)10-7-14/h12-14,17H,5-11H2,1-4H3.